The van der Waals surface area contributed by atoms with Crippen molar-refractivity contribution in [2.45, 2.75) is 24.3 Å². The third kappa shape index (κ3) is 2.85. The second kappa shape index (κ2) is 6.00. The Hall–Kier alpha value is -0.640. The topological polar surface area (TPSA) is 12.0 Å². The van der Waals surface area contributed by atoms with Crippen LogP contribution in [0, 0.1) is 6.92 Å². The van der Waals surface area contributed by atoms with E-state index in [1.807, 2.05) is 17.8 Å². The SMILES string of the molecule is Cc1c(Br)cccc1NC1CCSc2ccc(Cl)cc21. The van der Waals surface area contributed by atoms with Crippen LogP contribution >= 0.6 is 39.3 Å². The summed E-state index contributed by atoms with van der Waals surface area (Å²) in [5.41, 5.74) is 3.74. The lowest BCUT2D eigenvalue weighted by Gasteiger charge is -2.28. The molecule has 0 spiro atoms. The van der Waals surface area contributed by atoms with E-state index in [2.05, 4.69) is 58.5 Å². The maximum atomic E-state index is 6.16. The summed E-state index contributed by atoms with van der Waals surface area (Å²) in [5, 5.41) is 4.48. The molecule has 2 aromatic rings. The van der Waals surface area contributed by atoms with E-state index in [0.29, 0.717) is 6.04 Å². The number of anilines is 1. The minimum absolute atomic E-state index is 0.331. The summed E-state index contributed by atoms with van der Waals surface area (Å²) in [6, 6.07) is 12.8. The van der Waals surface area contributed by atoms with Gasteiger partial charge in [0.15, 0.2) is 0 Å². The van der Waals surface area contributed by atoms with Crippen LogP contribution in [0.5, 0.6) is 0 Å². The van der Waals surface area contributed by atoms with Crippen molar-refractivity contribution in [2.24, 2.45) is 0 Å². The minimum Gasteiger partial charge on any atom is -0.378 e. The van der Waals surface area contributed by atoms with Crippen LogP contribution in [-0.4, -0.2) is 5.75 Å². The average Bonchev–Trinajstić information content (AvgIpc) is 2.44. The van der Waals surface area contributed by atoms with Crippen LogP contribution in [-0.2, 0) is 0 Å². The maximum Gasteiger partial charge on any atom is 0.0533 e. The summed E-state index contributed by atoms with van der Waals surface area (Å²) in [5.74, 6) is 1.14. The van der Waals surface area contributed by atoms with Gasteiger partial charge in [-0.15, -0.1) is 11.8 Å². The highest BCUT2D eigenvalue weighted by Crippen LogP contribution is 2.40. The summed E-state index contributed by atoms with van der Waals surface area (Å²) in [6.45, 7) is 2.13. The van der Waals surface area contributed by atoms with Gasteiger partial charge in [-0.25, -0.2) is 0 Å². The molecular weight excluding hydrogens is 354 g/mol. The largest absolute Gasteiger partial charge is 0.378 e. The Kier molecular flexibility index (Phi) is 4.29. The Morgan fingerprint density at radius 3 is 3.00 bits per heavy atom. The lowest BCUT2D eigenvalue weighted by Crippen LogP contribution is -2.16. The second-order valence-corrected chi connectivity index (χ2v) is 7.36. The summed E-state index contributed by atoms with van der Waals surface area (Å²) in [6.07, 6.45) is 1.12. The normalized spacial score (nSPS) is 17.6. The van der Waals surface area contributed by atoms with Gasteiger partial charge < -0.3 is 5.32 Å². The minimum atomic E-state index is 0.331. The van der Waals surface area contributed by atoms with E-state index >= 15 is 0 Å². The van der Waals surface area contributed by atoms with Gasteiger partial charge >= 0.3 is 0 Å². The number of benzene rings is 2. The van der Waals surface area contributed by atoms with E-state index in [4.69, 9.17) is 11.6 Å². The quantitative estimate of drug-likeness (QED) is 0.691. The zero-order chi connectivity index (χ0) is 14.1. The number of nitrogens with one attached hydrogen (secondary N) is 1. The van der Waals surface area contributed by atoms with Crippen LogP contribution in [0.2, 0.25) is 5.02 Å². The van der Waals surface area contributed by atoms with Crippen LogP contribution in [0.1, 0.15) is 23.6 Å². The maximum absolute atomic E-state index is 6.16. The molecule has 0 amide bonds. The molecule has 0 aliphatic carbocycles. The molecule has 1 heterocycles. The highest BCUT2D eigenvalue weighted by atomic mass is 79.9. The number of rotatable bonds is 2. The highest BCUT2D eigenvalue weighted by Gasteiger charge is 2.21. The van der Waals surface area contributed by atoms with Gasteiger partial charge in [-0.05, 0) is 54.8 Å². The fourth-order valence-electron chi connectivity index (χ4n) is 2.47. The molecule has 0 bridgehead atoms. The molecule has 4 heteroatoms. The Morgan fingerprint density at radius 1 is 1.30 bits per heavy atom. The van der Waals surface area contributed by atoms with Crippen LogP contribution in [0.25, 0.3) is 0 Å². The van der Waals surface area contributed by atoms with Crippen LogP contribution in [0.3, 0.4) is 0 Å². The number of hydrogen-bond donors (Lipinski definition) is 1. The molecule has 0 fully saturated rings. The van der Waals surface area contributed by atoms with Crippen molar-refractivity contribution in [3.8, 4) is 0 Å². The fourth-order valence-corrected chi connectivity index (χ4v) is 4.12. The molecule has 1 nitrogen and oxygen atoms in total. The van der Waals surface area contributed by atoms with Gasteiger partial charge in [0.2, 0.25) is 0 Å². The zero-order valence-electron chi connectivity index (χ0n) is 11.1. The van der Waals surface area contributed by atoms with E-state index in [9.17, 15) is 0 Å². The van der Waals surface area contributed by atoms with Gasteiger partial charge in [-0.1, -0.05) is 33.6 Å². The molecule has 0 saturated heterocycles. The van der Waals surface area contributed by atoms with Crippen LogP contribution < -0.4 is 5.32 Å². The summed E-state index contributed by atoms with van der Waals surface area (Å²) in [7, 11) is 0. The lowest BCUT2D eigenvalue weighted by molar-refractivity contribution is 0.728. The molecule has 0 radical (unpaired) electrons. The molecule has 1 N–H and O–H groups in total. The predicted octanol–water partition coefficient (Wildman–Crippen LogP) is 6.06. The van der Waals surface area contributed by atoms with Gasteiger partial charge in [-0.3, -0.25) is 0 Å². The van der Waals surface area contributed by atoms with E-state index in [1.54, 1.807) is 0 Å². The van der Waals surface area contributed by atoms with Crippen molar-refractivity contribution < 1.29 is 0 Å². The molecule has 0 aromatic heterocycles. The van der Waals surface area contributed by atoms with E-state index in [-0.39, 0.29) is 0 Å². The van der Waals surface area contributed by atoms with Crippen molar-refractivity contribution in [1.29, 1.82) is 0 Å². The van der Waals surface area contributed by atoms with E-state index < -0.39 is 0 Å². The van der Waals surface area contributed by atoms with Crippen molar-refractivity contribution in [1.82, 2.24) is 0 Å². The molecule has 104 valence electrons. The van der Waals surface area contributed by atoms with Gasteiger partial charge in [0.1, 0.15) is 0 Å². The first-order chi connectivity index (χ1) is 9.65. The Bertz CT molecular complexity index is 644. The molecule has 3 rings (SSSR count). The molecule has 1 aliphatic heterocycles. The van der Waals surface area contributed by atoms with Crippen LogP contribution in [0.4, 0.5) is 5.69 Å². The number of thioether (sulfide) groups is 1. The monoisotopic (exact) mass is 367 g/mol. The Labute approximate surface area is 137 Å². The Balaban J connectivity index is 1.93. The zero-order valence-corrected chi connectivity index (χ0v) is 14.3. The number of hydrogen-bond acceptors (Lipinski definition) is 2. The molecule has 20 heavy (non-hydrogen) atoms. The summed E-state index contributed by atoms with van der Waals surface area (Å²) >= 11 is 11.7. The van der Waals surface area contributed by atoms with E-state index in [0.717, 1.165) is 21.7 Å². The summed E-state index contributed by atoms with van der Waals surface area (Å²) < 4.78 is 1.14. The van der Waals surface area contributed by atoms with Gasteiger partial charge in [-0.2, -0.15) is 0 Å². The van der Waals surface area contributed by atoms with Crippen molar-refractivity contribution in [3.63, 3.8) is 0 Å². The van der Waals surface area contributed by atoms with Crippen molar-refractivity contribution in [2.75, 3.05) is 11.1 Å². The molecule has 1 aliphatic rings. The highest BCUT2D eigenvalue weighted by molar-refractivity contribution is 9.10. The Morgan fingerprint density at radius 2 is 2.15 bits per heavy atom. The molecule has 0 saturated carbocycles. The summed E-state index contributed by atoms with van der Waals surface area (Å²) in [4.78, 5) is 1.34. The first-order valence-corrected chi connectivity index (χ1v) is 8.74. The first kappa shape index (κ1) is 14.3. The number of halogens is 2. The van der Waals surface area contributed by atoms with Crippen molar-refractivity contribution in [3.05, 3.63) is 57.0 Å². The van der Waals surface area contributed by atoms with Crippen LogP contribution in [0.15, 0.2) is 45.8 Å². The first-order valence-electron chi connectivity index (χ1n) is 6.59. The van der Waals surface area contributed by atoms with Gasteiger partial charge in [0, 0.05) is 25.8 Å². The van der Waals surface area contributed by atoms with Crippen molar-refractivity contribution >= 4 is 45.0 Å². The van der Waals surface area contributed by atoms with Gasteiger partial charge in [0.25, 0.3) is 0 Å². The molecule has 2 aromatic carbocycles. The average molecular weight is 369 g/mol. The van der Waals surface area contributed by atoms with Gasteiger partial charge in [0.05, 0.1) is 6.04 Å². The van der Waals surface area contributed by atoms with E-state index in [1.165, 1.54) is 21.7 Å². The predicted molar refractivity (Wildman–Crippen MR) is 92.0 cm³/mol. The molecule has 1 unspecified atom stereocenters. The third-order valence-electron chi connectivity index (χ3n) is 3.61. The smallest absolute Gasteiger partial charge is 0.0533 e. The third-order valence-corrected chi connectivity index (χ3v) is 5.83. The molecular formula is C16H15BrClNS. The fraction of sp³-hybridized carbons (Fsp3) is 0.250. The second-order valence-electron chi connectivity index (χ2n) is 4.93. The molecule has 1 atom stereocenters. The lowest BCUT2D eigenvalue weighted by atomic mass is 10.0. The standard InChI is InChI=1S/C16H15BrClNS/c1-10-13(17)3-2-4-14(10)19-15-7-8-20-16-6-5-11(18)9-12(15)16/h2-6,9,15,19H,7-8H2,1H3. The number of fused-ring (bicyclic) bond motifs is 1.